The van der Waals surface area contributed by atoms with Crippen LogP contribution in [-0.2, 0) is 21.3 Å². The third-order valence-electron chi connectivity index (χ3n) is 2.42. The van der Waals surface area contributed by atoms with Crippen LogP contribution in [0.1, 0.15) is 24.1 Å². The van der Waals surface area contributed by atoms with Gasteiger partial charge >= 0.3 is 0 Å². The Balaban J connectivity index is 2.36. The van der Waals surface area contributed by atoms with Gasteiger partial charge in [0.2, 0.25) is 10.0 Å². The summed E-state index contributed by atoms with van der Waals surface area (Å²) in [4.78, 5) is 0.871. The highest BCUT2D eigenvalue weighted by atomic mass is 32.2. The first kappa shape index (κ1) is 15.6. The Morgan fingerprint density at radius 2 is 2.11 bits per heavy atom. The molecule has 0 aliphatic heterocycles. The van der Waals surface area contributed by atoms with Crippen LogP contribution in [0, 0.1) is 0 Å². The van der Waals surface area contributed by atoms with Crippen molar-refractivity contribution in [2.45, 2.75) is 30.0 Å². The van der Waals surface area contributed by atoms with Crippen LogP contribution in [0.2, 0.25) is 0 Å². The van der Waals surface area contributed by atoms with Crippen LogP contribution in [0.25, 0.3) is 0 Å². The molecule has 7 heteroatoms. The van der Waals surface area contributed by atoms with Gasteiger partial charge < -0.3 is 10.5 Å². The van der Waals surface area contributed by atoms with Gasteiger partial charge in [0.15, 0.2) is 0 Å². The summed E-state index contributed by atoms with van der Waals surface area (Å²) in [5, 5.41) is 0. The summed E-state index contributed by atoms with van der Waals surface area (Å²) in [6.45, 7) is 1.55. The molecule has 104 valence electrons. The van der Waals surface area contributed by atoms with Crippen LogP contribution in [0.5, 0.6) is 0 Å². The second kappa shape index (κ2) is 7.85. The van der Waals surface area contributed by atoms with Gasteiger partial charge in [-0.2, -0.15) is 0 Å². The average molecular weight is 292 g/mol. The fraction of sp³-hybridized carbons (Fsp3) is 0.636. The standard InChI is InChI=1S/C11H20N2O3S2/c1-16-8-4-2-3-7-13-18(14,15)11-6-5-10(9-12)17-11/h5-6,13H,2-4,7-9,12H2,1H3. The van der Waals surface area contributed by atoms with Crippen molar-refractivity contribution in [1.29, 1.82) is 0 Å². The lowest BCUT2D eigenvalue weighted by Crippen LogP contribution is -2.24. The van der Waals surface area contributed by atoms with E-state index in [9.17, 15) is 8.42 Å². The molecule has 1 aromatic rings. The summed E-state index contributed by atoms with van der Waals surface area (Å²) in [7, 11) is -1.70. The van der Waals surface area contributed by atoms with E-state index >= 15 is 0 Å². The first-order valence-electron chi connectivity index (χ1n) is 5.87. The average Bonchev–Trinajstić information content (AvgIpc) is 2.83. The van der Waals surface area contributed by atoms with Crippen molar-refractivity contribution in [3.63, 3.8) is 0 Å². The van der Waals surface area contributed by atoms with Crippen molar-refractivity contribution in [2.75, 3.05) is 20.3 Å². The SMILES string of the molecule is COCCCCCNS(=O)(=O)c1ccc(CN)s1. The molecule has 5 nitrogen and oxygen atoms in total. The van der Waals surface area contributed by atoms with E-state index in [-0.39, 0.29) is 0 Å². The Kier molecular flexibility index (Phi) is 6.80. The number of rotatable bonds is 9. The lowest BCUT2D eigenvalue weighted by Gasteiger charge is -2.04. The smallest absolute Gasteiger partial charge is 0.250 e. The zero-order chi connectivity index (χ0) is 13.4. The number of ether oxygens (including phenoxy) is 1. The molecule has 0 fully saturated rings. The molecule has 0 aromatic carbocycles. The molecule has 0 radical (unpaired) electrons. The van der Waals surface area contributed by atoms with Crippen LogP contribution in [0.4, 0.5) is 0 Å². The number of unbranched alkanes of at least 4 members (excludes halogenated alkanes) is 2. The number of nitrogens with two attached hydrogens (primary N) is 1. The Morgan fingerprint density at radius 1 is 1.33 bits per heavy atom. The van der Waals surface area contributed by atoms with E-state index in [0.29, 0.717) is 17.3 Å². The van der Waals surface area contributed by atoms with E-state index in [1.807, 2.05) is 0 Å². The lowest BCUT2D eigenvalue weighted by molar-refractivity contribution is 0.192. The molecule has 0 saturated heterocycles. The Morgan fingerprint density at radius 3 is 2.72 bits per heavy atom. The molecule has 0 amide bonds. The van der Waals surface area contributed by atoms with Gasteiger partial charge in [0, 0.05) is 31.7 Å². The van der Waals surface area contributed by atoms with E-state index < -0.39 is 10.0 Å². The lowest BCUT2D eigenvalue weighted by atomic mass is 10.2. The molecule has 0 bridgehead atoms. The van der Waals surface area contributed by atoms with Gasteiger partial charge in [-0.1, -0.05) is 0 Å². The van der Waals surface area contributed by atoms with E-state index in [1.165, 1.54) is 11.3 Å². The zero-order valence-corrected chi connectivity index (χ0v) is 12.1. The summed E-state index contributed by atoms with van der Waals surface area (Å²) in [6.07, 6.45) is 2.72. The number of thiophene rings is 1. The van der Waals surface area contributed by atoms with E-state index in [4.69, 9.17) is 10.5 Å². The highest BCUT2D eigenvalue weighted by Crippen LogP contribution is 2.20. The summed E-state index contributed by atoms with van der Waals surface area (Å²) in [5.74, 6) is 0. The summed E-state index contributed by atoms with van der Waals surface area (Å²) < 4.78 is 31.6. The van der Waals surface area contributed by atoms with Crippen LogP contribution in [0.15, 0.2) is 16.3 Å². The van der Waals surface area contributed by atoms with Crippen molar-refractivity contribution in [3.8, 4) is 0 Å². The molecule has 0 atom stereocenters. The summed E-state index contributed by atoms with van der Waals surface area (Å²) in [6, 6.07) is 3.35. The fourth-order valence-electron chi connectivity index (χ4n) is 1.44. The Hall–Kier alpha value is -0.470. The highest BCUT2D eigenvalue weighted by molar-refractivity contribution is 7.91. The van der Waals surface area contributed by atoms with Gasteiger partial charge in [-0.15, -0.1) is 11.3 Å². The minimum absolute atomic E-state index is 0.333. The van der Waals surface area contributed by atoms with E-state index in [2.05, 4.69) is 4.72 Å². The maximum Gasteiger partial charge on any atom is 0.250 e. The van der Waals surface area contributed by atoms with Gasteiger partial charge in [-0.3, -0.25) is 0 Å². The van der Waals surface area contributed by atoms with Crippen LogP contribution >= 0.6 is 11.3 Å². The van der Waals surface area contributed by atoms with Crippen LogP contribution in [-0.4, -0.2) is 28.7 Å². The summed E-state index contributed by atoms with van der Waals surface area (Å²) >= 11 is 1.22. The van der Waals surface area contributed by atoms with Gasteiger partial charge in [-0.25, -0.2) is 13.1 Å². The molecule has 0 aliphatic carbocycles. The Bertz CT molecular complexity index is 443. The molecule has 0 aliphatic rings. The molecule has 3 N–H and O–H groups in total. The minimum Gasteiger partial charge on any atom is -0.385 e. The molecular weight excluding hydrogens is 272 g/mol. The topological polar surface area (TPSA) is 81.4 Å². The van der Waals surface area contributed by atoms with Gasteiger partial charge in [-0.05, 0) is 31.4 Å². The Labute approximate surface area is 112 Å². The molecule has 0 spiro atoms. The van der Waals surface area contributed by atoms with E-state index in [1.54, 1.807) is 19.2 Å². The predicted molar refractivity (Wildman–Crippen MR) is 73.1 cm³/mol. The van der Waals surface area contributed by atoms with E-state index in [0.717, 1.165) is 30.7 Å². The third kappa shape index (κ3) is 5.03. The third-order valence-corrected chi connectivity index (χ3v) is 5.48. The van der Waals surface area contributed by atoms with Gasteiger partial charge in [0.05, 0.1) is 0 Å². The molecule has 1 heterocycles. The van der Waals surface area contributed by atoms with Crippen molar-refractivity contribution >= 4 is 21.4 Å². The normalized spacial score (nSPS) is 11.9. The first-order chi connectivity index (χ1) is 8.60. The largest absolute Gasteiger partial charge is 0.385 e. The predicted octanol–water partition coefficient (Wildman–Crippen LogP) is 1.30. The zero-order valence-electron chi connectivity index (χ0n) is 10.5. The number of nitrogens with one attached hydrogen (secondary N) is 1. The quantitative estimate of drug-likeness (QED) is 0.672. The minimum atomic E-state index is -3.36. The van der Waals surface area contributed by atoms with Crippen molar-refractivity contribution in [1.82, 2.24) is 4.72 Å². The fourth-order valence-corrected chi connectivity index (χ4v) is 3.79. The molecule has 0 unspecified atom stereocenters. The monoisotopic (exact) mass is 292 g/mol. The highest BCUT2D eigenvalue weighted by Gasteiger charge is 2.15. The van der Waals surface area contributed by atoms with Gasteiger partial charge in [0.25, 0.3) is 0 Å². The molecular formula is C11H20N2O3S2. The molecule has 1 rings (SSSR count). The maximum absolute atomic E-state index is 11.9. The van der Waals surface area contributed by atoms with Crippen molar-refractivity contribution in [3.05, 3.63) is 17.0 Å². The molecule has 1 aromatic heterocycles. The number of hydrogen-bond donors (Lipinski definition) is 2. The second-order valence-corrected chi connectivity index (χ2v) is 7.04. The first-order valence-corrected chi connectivity index (χ1v) is 8.17. The van der Waals surface area contributed by atoms with Gasteiger partial charge in [0.1, 0.15) is 4.21 Å². The van der Waals surface area contributed by atoms with Crippen molar-refractivity contribution in [2.24, 2.45) is 5.73 Å². The van der Waals surface area contributed by atoms with Crippen molar-refractivity contribution < 1.29 is 13.2 Å². The second-order valence-electron chi connectivity index (χ2n) is 3.88. The van der Waals surface area contributed by atoms with Crippen LogP contribution in [0.3, 0.4) is 0 Å². The maximum atomic E-state index is 11.9. The molecule has 0 saturated carbocycles. The summed E-state index contributed by atoms with van der Waals surface area (Å²) in [5.41, 5.74) is 5.46. The number of hydrogen-bond acceptors (Lipinski definition) is 5. The van der Waals surface area contributed by atoms with Crippen LogP contribution < -0.4 is 10.5 Å². The number of methoxy groups -OCH3 is 1. The number of sulfonamides is 1. The molecule has 18 heavy (non-hydrogen) atoms.